The van der Waals surface area contributed by atoms with Crippen molar-refractivity contribution in [1.29, 1.82) is 0 Å². The fourth-order valence-corrected chi connectivity index (χ4v) is 2.55. The third kappa shape index (κ3) is 3.30. The quantitative estimate of drug-likeness (QED) is 0.437. The van der Waals surface area contributed by atoms with Crippen molar-refractivity contribution in [3.8, 4) is 5.88 Å². The molecule has 0 aliphatic rings. The number of rotatable bonds is 3. The van der Waals surface area contributed by atoms with Crippen LogP contribution in [-0.2, 0) is 5.33 Å². The van der Waals surface area contributed by atoms with Gasteiger partial charge in [0.1, 0.15) is 0 Å². The normalized spacial score (nSPS) is 11.3. The van der Waals surface area contributed by atoms with Gasteiger partial charge in [-0.3, -0.25) is 4.79 Å². The summed E-state index contributed by atoms with van der Waals surface area (Å²) in [7, 11) is 0. The summed E-state index contributed by atoms with van der Waals surface area (Å²) in [6.07, 6.45) is -3.34. The summed E-state index contributed by atoms with van der Waals surface area (Å²) in [5, 5.41) is 0.394. The average molecular weight is 410 g/mol. The first-order chi connectivity index (χ1) is 7.39. The minimum Gasteiger partial charge on any atom is -0.387 e. The third-order valence-corrected chi connectivity index (χ3v) is 3.44. The van der Waals surface area contributed by atoms with Crippen LogP contribution in [0.25, 0.3) is 0 Å². The summed E-state index contributed by atoms with van der Waals surface area (Å²) in [5.74, 6) is -0.725. The number of carbonyl (C=O) groups excluding carboxylic acids is 1. The van der Waals surface area contributed by atoms with Gasteiger partial charge in [0.2, 0.25) is 5.88 Å². The minimum atomic E-state index is -4.86. The van der Waals surface area contributed by atoms with Gasteiger partial charge in [-0.1, -0.05) is 15.9 Å². The van der Waals surface area contributed by atoms with Gasteiger partial charge in [0, 0.05) is 15.1 Å². The van der Waals surface area contributed by atoms with Crippen molar-refractivity contribution in [3.63, 3.8) is 0 Å². The maximum absolute atomic E-state index is 12.0. The topological polar surface area (TPSA) is 39.2 Å². The van der Waals surface area contributed by atoms with Crippen molar-refractivity contribution < 1.29 is 22.7 Å². The van der Waals surface area contributed by atoms with Crippen LogP contribution in [0.15, 0.2) is 6.20 Å². The van der Waals surface area contributed by atoms with Gasteiger partial charge < -0.3 is 4.74 Å². The molecule has 0 aliphatic heterocycles. The number of pyridine rings is 1. The second-order valence-electron chi connectivity index (χ2n) is 2.62. The predicted molar refractivity (Wildman–Crippen MR) is 61.7 cm³/mol. The molecule has 0 spiro atoms. The van der Waals surface area contributed by atoms with Gasteiger partial charge in [-0.15, -0.1) is 13.2 Å². The molecular weight excluding hydrogens is 406 g/mol. The number of carbonyl (C=O) groups is 1. The Labute approximate surface area is 111 Å². The lowest BCUT2D eigenvalue weighted by Gasteiger charge is -2.11. The predicted octanol–water partition coefficient (Wildman–Crippen LogP) is 3.29. The number of halogens is 5. The van der Waals surface area contributed by atoms with Crippen molar-refractivity contribution >= 4 is 44.8 Å². The fourth-order valence-electron chi connectivity index (χ4n) is 0.916. The van der Waals surface area contributed by atoms with Crippen LogP contribution in [0.1, 0.15) is 15.9 Å². The smallest absolute Gasteiger partial charge is 0.387 e. The number of ether oxygens (including phenoxy) is 1. The summed E-state index contributed by atoms with van der Waals surface area (Å²) >= 11 is 4.90. The first-order valence-electron chi connectivity index (χ1n) is 3.83. The van der Waals surface area contributed by atoms with Crippen LogP contribution in [0, 0.1) is 3.57 Å². The third-order valence-electron chi connectivity index (χ3n) is 1.56. The number of aromatic nitrogens is 1. The van der Waals surface area contributed by atoms with Crippen molar-refractivity contribution in [2.24, 2.45) is 0 Å². The van der Waals surface area contributed by atoms with Gasteiger partial charge in [-0.05, 0) is 28.2 Å². The highest BCUT2D eigenvalue weighted by Crippen LogP contribution is 2.28. The van der Waals surface area contributed by atoms with E-state index < -0.39 is 12.2 Å². The number of hydrogen-bond donors (Lipinski definition) is 0. The zero-order valence-corrected chi connectivity index (χ0v) is 11.3. The second kappa shape index (κ2) is 5.30. The Hall–Kier alpha value is -0.380. The molecule has 1 aromatic rings. The Balaban J connectivity index is 3.21. The molecule has 0 bridgehead atoms. The molecule has 0 radical (unpaired) electrons. The number of nitrogens with zero attached hydrogens (tertiary/aromatic N) is 1. The van der Waals surface area contributed by atoms with E-state index in [1.54, 1.807) is 22.6 Å². The van der Waals surface area contributed by atoms with Gasteiger partial charge in [0.25, 0.3) is 0 Å². The zero-order valence-electron chi connectivity index (χ0n) is 7.52. The van der Waals surface area contributed by atoms with Gasteiger partial charge in [0.15, 0.2) is 6.29 Å². The molecule has 0 aliphatic carbocycles. The lowest BCUT2D eigenvalue weighted by atomic mass is 10.2. The fraction of sp³-hybridized carbons (Fsp3) is 0.250. The van der Waals surface area contributed by atoms with Crippen LogP contribution >= 0.6 is 38.5 Å². The van der Waals surface area contributed by atoms with E-state index >= 15 is 0 Å². The summed E-state index contributed by atoms with van der Waals surface area (Å²) < 4.78 is 40.0. The standard InChI is InChI=1S/C8H4BrF3INO2/c9-1-4-2-14-7(16-8(10,11)12)5(3-15)6(4)13/h2-3H,1H2. The Kier molecular flexibility index (Phi) is 4.53. The lowest BCUT2D eigenvalue weighted by molar-refractivity contribution is -0.276. The molecule has 16 heavy (non-hydrogen) atoms. The molecule has 1 aromatic heterocycles. The Bertz CT molecular complexity index is 411. The molecule has 0 N–H and O–H groups in total. The first kappa shape index (κ1) is 13.7. The molecule has 88 valence electrons. The Morgan fingerprint density at radius 1 is 1.56 bits per heavy atom. The van der Waals surface area contributed by atoms with Crippen LogP contribution in [0.5, 0.6) is 5.88 Å². The molecule has 0 fully saturated rings. The molecule has 1 heterocycles. The molecule has 0 aromatic carbocycles. The van der Waals surface area contributed by atoms with E-state index in [0.717, 1.165) is 0 Å². The van der Waals surface area contributed by atoms with E-state index in [4.69, 9.17) is 0 Å². The van der Waals surface area contributed by atoms with Gasteiger partial charge >= 0.3 is 6.36 Å². The van der Waals surface area contributed by atoms with E-state index in [0.29, 0.717) is 20.7 Å². The van der Waals surface area contributed by atoms with Crippen molar-refractivity contribution in [3.05, 3.63) is 20.9 Å². The van der Waals surface area contributed by atoms with Gasteiger partial charge in [-0.2, -0.15) is 0 Å². The first-order valence-corrected chi connectivity index (χ1v) is 6.03. The lowest BCUT2D eigenvalue weighted by Crippen LogP contribution is -2.19. The molecule has 0 atom stereocenters. The van der Waals surface area contributed by atoms with Gasteiger partial charge in [-0.25, -0.2) is 4.98 Å². The molecule has 0 unspecified atom stereocenters. The molecule has 1 rings (SSSR count). The Morgan fingerprint density at radius 3 is 2.62 bits per heavy atom. The molecule has 3 nitrogen and oxygen atoms in total. The largest absolute Gasteiger partial charge is 0.574 e. The highest BCUT2D eigenvalue weighted by Gasteiger charge is 2.33. The van der Waals surface area contributed by atoms with Crippen molar-refractivity contribution in [2.45, 2.75) is 11.7 Å². The summed E-state index contributed by atoms with van der Waals surface area (Å²) in [5.41, 5.74) is 0.423. The number of alkyl halides is 4. The highest BCUT2D eigenvalue weighted by atomic mass is 127. The van der Waals surface area contributed by atoms with Crippen molar-refractivity contribution in [1.82, 2.24) is 4.98 Å². The number of aldehydes is 1. The van der Waals surface area contributed by atoms with E-state index in [-0.39, 0.29) is 5.56 Å². The zero-order chi connectivity index (χ0) is 12.3. The van der Waals surface area contributed by atoms with E-state index in [1.807, 2.05) is 0 Å². The molecule has 8 heteroatoms. The van der Waals surface area contributed by atoms with Crippen LogP contribution in [0.2, 0.25) is 0 Å². The summed E-state index contributed by atoms with van der Waals surface area (Å²) in [4.78, 5) is 14.2. The van der Waals surface area contributed by atoms with Crippen LogP contribution in [0.4, 0.5) is 13.2 Å². The summed E-state index contributed by atoms with van der Waals surface area (Å²) in [6.45, 7) is 0. The molecule has 0 saturated heterocycles. The number of hydrogen-bond acceptors (Lipinski definition) is 3. The van der Waals surface area contributed by atoms with Crippen molar-refractivity contribution in [2.75, 3.05) is 0 Å². The van der Waals surface area contributed by atoms with Crippen LogP contribution < -0.4 is 4.74 Å². The minimum absolute atomic E-state index is 0.199. The molecular formula is C8H4BrF3INO2. The Morgan fingerprint density at radius 2 is 2.19 bits per heavy atom. The SMILES string of the molecule is O=Cc1c(OC(F)(F)F)ncc(CBr)c1I. The summed E-state index contributed by atoms with van der Waals surface area (Å²) in [6, 6.07) is 0. The average Bonchev–Trinajstić information content (AvgIpc) is 2.16. The van der Waals surface area contributed by atoms with Crippen LogP contribution in [-0.4, -0.2) is 17.6 Å². The monoisotopic (exact) mass is 409 g/mol. The molecule has 0 saturated carbocycles. The van der Waals surface area contributed by atoms with E-state index in [1.165, 1.54) is 6.20 Å². The molecule has 0 amide bonds. The highest BCUT2D eigenvalue weighted by molar-refractivity contribution is 14.1. The van der Waals surface area contributed by atoms with E-state index in [9.17, 15) is 18.0 Å². The maximum atomic E-state index is 12.0. The maximum Gasteiger partial charge on any atom is 0.574 e. The van der Waals surface area contributed by atoms with E-state index in [2.05, 4.69) is 25.7 Å². The van der Waals surface area contributed by atoms with Crippen LogP contribution in [0.3, 0.4) is 0 Å². The van der Waals surface area contributed by atoms with Gasteiger partial charge in [0.05, 0.1) is 5.56 Å². The second-order valence-corrected chi connectivity index (χ2v) is 4.26.